The summed E-state index contributed by atoms with van der Waals surface area (Å²) in [6.07, 6.45) is 17.3. The molecule has 0 aliphatic heterocycles. The van der Waals surface area contributed by atoms with Gasteiger partial charge in [0.2, 0.25) is 5.82 Å². The molecular weight excluding hydrogens is 378 g/mol. The van der Waals surface area contributed by atoms with E-state index >= 15 is 0 Å². The maximum atomic E-state index is 14.7. The third-order valence-corrected chi connectivity index (χ3v) is 8.35. The molecule has 1 nitrogen and oxygen atoms in total. The van der Waals surface area contributed by atoms with Crippen LogP contribution in [0.5, 0.6) is 5.75 Å². The van der Waals surface area contributed by atoms with E-state index in [0.717, 1.165) is 42.4 Å². The van der Waals surface area contributed by atoms with Crippen molar-refractivity contribution in [2.45, 2.75) is 84.0 Å². The van der Waals surface area contributed by atoms with E-state index < -0.39 is 11.6 Å². The summed E-state index contributed by atoms with van der Waals surface area (Å²) in [4.78, 5) is 0. The third-order valence-electron chi connectivity index (χ3n) is 8.35. The summed E-state index contributed by atoms with van der Waals surface area (Å²) in [5.41, 5.74) is 0.556. The van der Waals surface area contributed by atoms with Gasteiger partial charge in [0.25, 0.3) is 0 Å². The largest absolute Gasteiger partial charge is 0.491 e. The van der Waals surface area contributed by atoms with E-state index in [1.54, 1.807) is 19.1 Å². The van der Waals surface area contributed by atoms with E-state index in [1.165, 1.54) is 51.4 Å². The van der Waals surface area contributed by atoms with Crippen molar-refractivity contribution >= 4 is 0 Å². The van der Waals surface area contributed by atoms with Crippen LogP contribution in [0.1, 0.15) is 89.5 Å². The molecule has 30 heavy (non-hydrogen) atoms. The zero-order valence-corrected chi connectivity index (χ0v) is 18.7. The normalized spacial score (nSPS) is 33.9. The van der Waals surface area contributed by atoms with Crippen LogP contribution in [-0.4, -0.2) is 6.61 Å². The van der Waals surface area contributed by atoms with E-state index in [-0.39, 0.29) is 11.7 Å². The Morgan fingerprint density at radius 3 is 2.33 bits per heavy atom. The Labute approximate surface area is 181 Å². The fraction of sp³-hybridized carbons (Fsp3) is 0.704. The minimum Gasteiger partial charge on any atom is -0.491 e. The summed E-state index contributed by atoms with van der Waals surface area (Å²) in [5, 5.41) is 0. The molecule has 3 aliphatic rings. The van der Waals surface area contributed by atoms with Crippen LogP contribution in [-0.2, 0) is 0 Å². The number of hydrogen-bond donors (Lipinski definition) is 0. The summed E-state index contributed by atoms with van der Waals surface area (Å²) < 4.78 is 34.2. The van der Waals surface area contributed by atoms with Gasteiger partial charge in [0.1, 0.15) is 0 Å². The standard InChI is InChI=1S/C27H38F2O/c1-3-5-6-7-18-12-13-24-21(18)14-15-22(24)19-8-10-20(11-9-19)23-16-17-25(30-4-2)27(29)26(23)28/h6-7,16-22,24H,3-5,8-15H2,1-2H3. The minimum atomic E-state index is -0.816. The number of unbranched alkanes of at least 4 members (excludes halogenated alkanes) is 1. The second kappa shape index (κ2) is 9.83. The number of benzene rings is 1. The van der Waals surface area contributed by atoms with Gasteiger partial charge in [0, 0.05) is 0 Å². The Bertz CT molecular complexity index is 735. The van der Waals surface area contributed by atoms with Gasteiger partial charge in [-0.2, -0.15) is 4.39 Å². The van der Waals surface area contributed by atoms with E-state index in [0.29, 0.717) is 12.2 Å². The van der Waals surface area contributed by atoms with Crippen LogP contribution in [0.15, 0.2) is 24.3 Å². The molecule has 4 unspecified atom stereocenters. The first-order valence-electron chi connectivity index (χ1n) is 12.4. The van der Waals surface area contributed by atoms with Crippen molar-refractivity contribution in [2.75, 3.05) is 6.61 Å². The van der Waals surface area contributed by atoms with Crippen molar-refractivity contribution in [2.24, 2.45) is 29.6 Å². The molecule has 1 aromatic carbocycles. The molecule has 0 aromatic heterocycles. The van der Waals surface area contributed by atoms with E-state index in [4.69, 9.17) is 4.74 Å². The summed E-state index contributed by atoms with van der Waals surface area (Å²) in [6.45, 7) is 4.38. The van der Waals surface area contributed by atoms with Crippen molar-refractivity contribution in [3.8, 4) is 5.75 Å². The first-order valence-corrected chi connectivity index (χ1v) is 12.4. The first-order chi connectivity index (χ1) is 14.6. The molecule has 0 heterocycles. The zero-order chi connectivity index (χ0) is 21.1. The Hall–Kier alpha value is -1.38. The van der Waals surface area contributed by atoms with Crippen molar-refractivity contribution in [3.63, 3.8) is 0 Å². The second-order valence-corrected chi connectivity index (χ2v) is 9.85. The van der Waals surface area contributed by atoms with Crippen molar-refractivity contribution in [1.29, 1.82) is 0 Å². The summed E-state index contributed by atoms with van der Waals surface area (Å²) in [7, 11) is 0. The van der Waals surface area contributed by atoms with Crippen LogP contribution in [0.25, 0.3) is 0 Å². The van der Waals surface area contributed by atoms with Gasteiger partial charge in [-0.3, -0.25) is 0 Å². The molecule has 166 valence electrons. The van der Waals surface area contributed by atoms with Gasteiger partial charge in [-0.1, -0.05) is 31.6 Å². The van der Waals surface area contributed by atoms with Crippen LogP contribution in [0.3, 0.4) is 0 Å². The van der Waals surface area contributed by atoms with Crippen LogP contribution in [0.2, 0.25) is 0 Å². The van der Waals surface area contributed by atoms with E-state index in [1.807, 2.05) is 0 Å². The number of halogens is 2. The lowest BCUT2D eigenvalue weighted by atomic mass is 9.70. The van der Waals surface area contributed by atoms with E-state index in [2.05, 4.69) is 19.1 Å². The monoisotopic (exact) mass is 416 g/mol. The first kappa shape index (κ1) is 21.8. The molecule has 3 aliphatic carbocycles. The smallest absolute Gasteiger partial charge is 0.200 e. The molecule has 4 rings (SSSR count). The quantitative estimate of drug-likeness (QED) is 0.409. The van der Waals surface area contributed by atoms with Gasteiger partial charge in [-0.15, -0.1) is 0 Å². The van der Waals surface area contributed by atoms with Gasteiger partial charge >= 0.3 is 0 Å². The lowest BCUT2D eigenvalue weighted by Gasteiger charge is -2.35. The van der Waals surface area contributed by atoms with Crippen molar-refractivity contribution < 1.29 is 13.5 Å². The summed E-state index contributed by atoms with van der Waals surface area (Å²) >= 11 is 0. The SMILES string of the molecule is CCCC=CC1CCC2C1CCC2C1CCC(c2ccc(OCC)c(F)c2F)CC1. The molecule has 0 spiro atoms. The zero-order valence-electron chi connectivity index (χ0n) is 18.7. The van der Waals surface area contributed by atoms with Crippen LogP contribution in [0.4, 0.5) is 8.78 Å². The predicted octanol–water partition coefficient (Wildman–Crippen LogP) is 8.05. The highest BCUT2D eigenvalue weighted by molar-refractivity contribution is 5.33. The maximum Gasteiger partial charge on any atom is 0.200 e. The average molecular weight is 417 g/mol. The lowest BCUT2D eigenvalue weighted by molar-refractivity contribution is 0.180. The Balaban J connectivity index is 1.35. The number of ether oxygens (including phenoxy) is 1. The summed E-state index contributed by atoms with van der Waals surface area (Å²) in [6, 6.07) is 3.36. The Kier molecular flexibility index (Phi) is 7.16. The molecule has 3 fully saturated rings. The number of fused-ring (bicyclic) bond motifs is 1. The minimum absolute atomic E-state index is 0.0354. The van der Waals surface area contributed by atoms with Gasteiger partial charge in [-0.25, -0.2) is 4.39 Å². The topological polar surface area (TPSA) is 9.23 Å². The second-order valence-electron chi connectivity index (χ2n) is 9.85. The Morgan fingerprint density at radius 2 is 1.60 bits per heavy atom. The number of rotatable bonds is 7. The van der Waals surface area contributed by atoms with Crippen LogP contribution in [0, 0.1) is 41.2 Å². The van der Waals surface area contributed by atoms with Crippen molar-refractivity contribution in [3.05, 3.63) is 41.5 Å². The molecule has 0 saturated heterocycles. The van der Waals surface area contributed by atoms with Crippen LogP contribution >= 0.6 is 0 Å². The van der Waals surface area contributed by atoms with Crippen molar-refractivity contribution in [1.82, 2.24) is 0 Å². The predicted molar refractivity (Wildman–Crippen MR) is 119 cm³/mol. The fourth-order valence-electron chi connectivity index (χ4n) is 6.94. The average Bonchev–Trinajstić information content (AvgIpc) is 3.35. The highest BCUT2D eigenvalue weighted by Gasteiger charge is 2.46. The molecule has 0 bridgehead atoms. The molecule has 1 aromatic rings. The van der Waals surface area contributed by atoms with Crippen LogP contribution < -0.4 is 4.74 Å². The molecule has 0 N–H and O–H groups in total. The van der Waals surface area contributed by atoms with Gasteiger partial charge in [-0.05, 0) is 112 Å². The number of allylic oxidation sites excluding steroid dienone is 2. The lowest BCUT2D eigenvalue weighted by Crippen LogP contribution is -2.25. The molecule has 3 saturated carbocycles. The van der Waals surface area contributed by atoms with Gasteiger partial charge in [0.05, 0.1) is 6.61 Å². The fourth-order valence-corrected chi connectivity index (χ4v) is 6.94. The van der Waals surface area contributed by atoms with E-state index in [9.17, 15) is 8.78 Å². The summed E-state index contributed by atoms with van der Waals surface area (Å²) in [5.74, 6) is 2.94. The highest BCUT2D eigenvalue weighted by Crippen LogP contribution is 2.56. The molecule has 0 radical (unpaired) electrons. The molecule has 0 amide bonds. The van der Waals surface area contributed by atoms with Gasteiger partial charge < -0.3 is 4.74 Å². The van der Waals surface area contributed by atoms with Gasteiger partial charge in [0.15, 0.2) is 11.6 Å². The Morgan fingerprint density at radius 1 is 0.867 bits per heavy atom. The molecule has 3 heteroatoms. The maximum absolute atomic E-state index is 14.7. The molecule has 4 atom stereocenters. The highest BCUT2D eigenvalue weighted by atomic mass is 19.2. The third kappa shape index (κ3) is 4.32. The number of hydrogen-bond acceptors (Lipinski definition) is 1. The molecular formula is C27H38F2O.